The van der Waals surface area contributed by atoms with Gasteiger partial charge in [0.05, 0.1) is 10.8 Å². The molecule has 0 spiro atoms. The van der Waals surface area contributed by atoms with Crippen molar-refractivity contribution in [2.75, 3.05) is 26.7 Å². The molecule has 0 N–H and O–H groups in total. The second kappa shape index (κ2) is 10.4. The van der Waals surface area contributed by atoms with Crippen molar-refractivity contribution >= 4 is 11.7 Å². The number of hydrogen-bond donors (Lipinski definition) is 0. The lowest BCUT2D eigenvalue weighted by Gasteiger charge is -2.41. The minimum Gasteiger partial charge on any atom is -0.341 e. The first-order valence-corrected chi connectivity index (χ1v) is 13.3. The van der Waals surface area contributed by atoms with Gasteiger partial charge in [0.2, 0.25) is 5.91 Å². The number of likely N-dealkylation sites (N-methyl/N-ethyl adjacent to an activating group) is 1. The molecule has 2 unspecified atom stereocenters. The van der Waals surface area contributed by atoms with E-state index in [1.54, 1.807) is 43.1 Å². The van der Waals surface area contributed by atoms with E-state index in [0.717, 1.165) is 49.2 Å². The number of nitrogens with zero attached hydrogens (tertiary/aromatic N) is 2. The SMILES string of the molecule is CC(=O)C1(c2ccccc2)CCN(CC2CC2(C(=O)N(C)Cc2ccc(F)cc2)c2ccc(F)cc2)CC1. The molecule has 1 heterocycles. The van der Waals surface area contributed by atoms with Crippen LogP contribution in [0.25, 0.3) is 0 Å². The third kappa shape index (κ3) is 4.90. The molecule has 1 saturated carbocycles. The highest BCUT2D eigenvalue weighted by molar-refractivity contribution is 5.92. The maximum absolute atomic E-state index is 13.9. The number of Topliss-reactive ketones (excluding diaryl/α,β-unsaturated/α-hetero) is 1. The molecule has 6 heteroatoms. The van der Waals surface area contributed by atoms with Crippen molar-refractivity contribution in [3.63, 3.8) is 0 Å². The zero-order chi connectivity index (χ0) is 26.9. The lowest BCUT2D eigenvalue weighted by Crippen LogP contribution is -2.47. The first-order valence-electron chi connectivity index (χ1n) is 13.3. The van der Waals surface area contributed by atoms with Crippen LogP contribution in [0.1, 0.15) is 42.9 Å². The molecule has 5 rings (SSSR count). The quantitative estimate of drug-likeness (QED) is 0.397. The van der Waals surface area contributed by atoms with Crippen molar-refractivity contribution in [1.29, 1.82) is 0 Å². The number of piperidine rings is 1. The van der Waals surface area contributed by atoms with Crippen molar-refractivity contribution in [1.82, 2.24) is 9.80 Å². The zero-order valence-electron chi connectivity index (χ0n) is 22.0. The molecule has 2 fully saturated rings. The van der Waals surface area contributed by atoms with E-state index < -0.39 is 10.8 Å². The Morgan fingerprint density at radius 1 is 0.868 bits per heavy atom. The number of ketones is 1. The van der Waals surface area contributed by atoms with Crippen LogP contribution in [0.15, 0.2) is 78.9 Å². The molecule has 2 aliphatic rings. The zero-order valence-corrected chi connectivity index (χ0v) is 22.0. The van der Waals surface area contributed by atoms with Crippen molar-refractivity contribution in [3.8, 4) is 0 Å². The van der Waals surface area contributed by atoms with Gasteiger partial charge in [-0.05, 0) is 86.1 Å². The van der Waals surface area contributed by atoms with Gasteiger partial charge in [-0.25, -0.2) is 8.78 Å². The van der Waals surface area contributed by atoms with Gasteiger partial charge in [0, 0.05) is 20.1 Å². The van der Waals surface area contributed by atoms with Crippen LogP contribution in [0.5, 0.6) is 0 Å². The smallest absolute Gasteiger partial charge is 0.233 e. The Labute approximate surface area is 223 Å². The van der Waals surface area contributed by atoms with Crippen LogP contribution in [0.4, 0.5) is 8.78 Å². The van der Waals surface area contributed by atoms with Gasteiger partial charge in [-0.2, -0.15) is 0 Å². The number of carbonyl (C=O) groups is 2. The molecule has 1 aliphatic heterocycles. The molecule has 4 nitrogen and oxygen atoms in total. The Kier molecular flexibility index (Phi) is 7.19. The Morgan fingerprint density at radius 2 is 1.45 bits per heavy atom. The second-order valence-corrected chi connectivity index (χ2v) is 11.0. The molecular weight excluding hydrogens is 482 g/mol. The number of rotatable bonds is 8. The van der Waals surface area contributed by atoms with E-state index in [-0.39, 0.29) is 29.2 Å². The first-order chi connectivity index (χ1) is 18.2. The number of amides is 1. The summed E-state index contributed by atoms with van der Waals surface area (Å²) in [5, 5.41) is 0. The summed E-state index contributed by atoms with van der Waals surface area (Å²) in [6.07, 6.45) is 2.19. The van der Waals surface area contributed by atoms with Crippen LogP contribution in [-0.4, -0.2) is 48.2 Å². The summed E-state index contributed by atoms with van der Waals surface area (Å²) in [4.78, 5) is 30.8. The standard InChI is InChI=1S/C32H34F2N2O2/c1-23(37)31(25-6-4-3-5-7-25)16-18-36(19-17-31)22-27-20-32(27,26-10-14-29(34)15-11-26)30(38)35(2)21-24-8-12-28(33)13-9-24/h3-15,27H,16-22H2,1-2H3. The third-order valence-corrected chi connectivity index (χ3v) is 8.71. The highest BCUT2D eigenvalue weighted by Gasteiger charge is 2.62. The van der Waals surface area contributed by atoms with Gasteiger partial charge >= 0.3 is 0 Å². The van der Waals surface area contributed by atoms with E-state index >= 15 is 0 Å². The summed E-state index contributed by atoms with van der Waals surface area (Å²) >= 11 is 0. The van der Waals surface area contributed by atoms with Crippen LogP contribution < -0.4 is 0 Å². The van der Waals surface area contributed by atoms with Crippen LogP contribution >= 0.6 is 0 Å². The average molecular weight is 517 g/mol. The van der Waals surface area contributed by atoms with Crippen LogP contribution in [-0.2, 0) is 27.0 Å². The number of likely N-dealkylation sites (tertiary alicyclic amines) is 1. The number of benzene rings is 3. The lowest BCUT2D eigenvalue weighted by molar-refractivity contribution is -0.133. The fourth-order valence-corrected chi connectivity index (χ4v) is 6.34. The van der Waals surface area contributed by atoms with Crippen LogP contribution in [0.3, 0.4) is 0 Å². The summed E-state index contributed by atoms with van der Waals surface area (Å²) in [6.45, 7) is 4.37. The molecule has 1 amide bonds. The molecule has 198 valence electrons. The van der Waals surface area contributed by atoms with Gasteiger partial charge in [-0.3, -0.25) is 9.59 Å². The number of halogens is 2. The van der Waals surface area contributed by atoms with Crippen LogP contribution in [0, 0.1) is 17.6 Å². The summed E-state index contributed by atoms with van der Waals surface area (Å²) in [7, 11) is 1.77. The maximum Gasteiger partial charge on any atom is 0.233 e. The normalized spacial score (nSPS) is 22.6. The van der Waals surface area contributed by atoms with Crippen molar-refractivity contribution < 1.29 is 18.4 Å². The number of carbonyl (C=O) groups excluding carboxylic acids is 2. The molecule has 0 aromatic heterocycles. The van der Waals surface area contributed by atoms with E-state index in [4.69, 9.17) is 0 Å². The Balaban J connectivity index is 1.32. The fraction of sp³-hybridized carbons (Fsp3) is 0.375. The van der Waals surface area contributed by atoms with Gasteiger partial charge in [-0.1, -0.05) is 54.6 Å². The van der Waals surface area contributed by atoms with Gasteiger partial charge in [0.25, 0.3) is 0 Å². The summed E-state index contributed by atoms with van der Waals surface area (Å²) in [6, 6.07) is 22.5. The largest absolute Gasteiger partial charge is 0.341 e. The highest BCUT2D eigenvalue weighted by Crippen LogP contribution is 2.56. The molecule has 0 bridgehead atoms. The van der Waals surface area contributed by atoms with E-state index in [0.29, 0.717) is 13.0 Å². The van der Waals surface area contributed by atoms with Crippen molar-refractivity contribution in [2.45, 2.75) is 43.6 Å². The highest BCUT2D eigenvalue weighted by atomic mass is 19.1. The fourth-order valence-electron chi connectivity index (χ4n) is 6.34. The summed E-state index contributed by atoms with van der Waals surface area (Å²) < 4.78 is 27.1. The van der Waals surface area contributed by atoms with Gasteiger partial charge in [-0.15, -0.1) is 0 Å². The molecule has 2 atom stereocenters. The Hall–Kier alpha value is -3.38. The number of hydrogen-bond acceptors (Lipinski definition) is 3. The predicted molar refractivity (Wildman–Crippen MR) is 144 cm³/mol. The molecule has 38 heavy (non-hydrogen) atoms. The molecule has 3 aromatic carbocycles. The van der Waals surface area contributed by atoms with Gasteiger partial charge in [0.1, 0.15) is 17.4 Å². The third-order valence-electron chi connectivity index (χ3n) is 8.71. The van der Waals surface area contributed by atoms with E-state index in [1.807, 2.05) is 30.3 Å². The average Bonchev–Trinajstić information content (AvgIpc) is 3.65. The predicted octanol–water partition coefficient (Wildman–Crippen LogP) is 5.50. The Bertz CT molecular complexity index is 1290. The van der Waals surface area contributed by atoms with E-state index in [1.165, 1.54) is 24.3 Å². The topological polar surface area (TPSA) is 40.6 Å². The molecule has 0 radical (unpaired) electrons. The lowest BCUT2D eigenvalue weighted by atomic mass is 9.70. The first kappa shape index (κ1) is 26.2. The maximum atomic E-state index is 13.9. The summed E-state index contributed by atoms with van der Waals surface area (Å²) in [5.74, 6) is -0.343. The van der Waals surface area contributed by atoms with Crippen molar-refractivity contribution in [3.05, 3.63) is 107 Å². The summed E-state index contributed by atoms with van der Waals surface area (Å²) in [5.41, 5.74) is 1.60. The minimum atomic E-state index is -0.711. The van der Waals surface area contributed by atoms with E-state index in [9.17, 15) is 18.4 Å². The van der Waals surface area contributed by atoms with Crippen molar-refractivity contribution in [2.24, 2.45) is 5.92 Å². The Morgan fingerprint density at radius 3 is 2.03 bits per heavy atom. The van der Waals surface area contributed by atoms with Gasteiger partial charge in [0.15, 0.2) is 0 Å². The molecular formula is C32H34F2N2O2. The van der Waals surface area contributed by atoms with E-state index in [2.05, 4.69) is 4.90 Å². The molecule has 1 aliphatic carbocycles. The monoisotopic (exact) mass is 516 g/mol. The second-order valence-electron chi connectivity index (χ2n) is 11.0. The van der Waals surface area contributed by atoms with Gasteiger partial charge < -0.3 is 9.80 Å². The minimum absolute atomic E-state index is 0.00203. The molecule has 3 aromatic rings. The van der Waals surface area contributed by atoms with Crippen LogP contribution in [0.2, 0.25) is 0 Å². The molecule has 1 saturated heterocycles.